The third-order valence-electron chi connectivity index (χ3n) is 6.30. The van der Waals surface area contributed by atoms with Crippen molar-refractivity contribution in [2.45, 2.75) is 134 Å². The van der Waals surface area contributed by atoms with Gasteiger partial charge < -0.3 is 15.3 Å². The molecule has 0 aromatic heterocycles. The van der Waals surface area contributed by atoms with Gasteiger partial charge in [0.25, 0.3) is 0 Å². The topological polar surface area (TPSA) is 63.9 Å². The minimum absolute atomic E-state index is 0.00730. The summed E-state index contributed by atoms with van der Waals surface area (Å²) in [6.07, 6.45) is 17.1. The number of likely N-dealkylation sites (tertiary alicyclic amines) is 1. The van der Waals surface area contributed by atoms with E-state index in [2.05, 4.69) is 18.7 Å². The lowest BCUT2D eigenvalue weighted by atomic mass is 10.0. The fourth-order valence-corrected chi connectivity index (χ4v) is 4.54. The van der Waals surface area contributed by atoms with Crippen LogP contribution < -0.4 is 0 Å². The number of rotatable bonds is 17. The van der Waals surface area contributed by atoms with Gasteiger partial charge in [-0.05, 0) is 19.4 Å². The molecule has 1 heterocycles. The Labute approximate surface area is 168 Å². The number of hydrogen-bond acceptors (Lipinski definition) is 4. The van der Waals surface area contributed by atoms with Crippen molar-refractivity contribution in [3.05, 3.63) is 0 Å². The Kier molecular flexibility index (Phi) is 14.5. The first-order valence-corrected chi connectivity index (χ1v) is 11.9. The van der Waals surface area contributed by atoms with Crippen LogP contribution in [-0.4, -0.2) is 57.7 Å². The summed E-state index contributed by atoms with van der Waals surface area (Å²) in [5.41, 5.74) is 0. The van der Waals surface area contributed by atoms with Crippen LogP contribution >= 0.6 is 0 Å². The molecule has 0 aromatic rings. The monoisotopic (exact) mass is 385 g/mol. The van der Waals surface area contributed by atoms with E-state index in [-0.39, 0.29) is 18.7 Å². The second kappa shape index (κ2) is 15.7. The molecule has 1 fully saturated rings. The van der Waals surface area contributed by atoms with Crippen molar-refractivity contribution in [2.24, 2.45) is 0 Å². The van der Waals surface area contributed by atoms with Gasteiger partial charge in [0.2, 0.25) is 0 Å². The summed E-state index contributed by atoms with van der Waals surface area (Å²) in [7, 11) is 0. The maximum Gasteiger partial charge on any atom is 0.0991 e. The molecule has 1 saturated heterocycles. The molecule has 27 heavy (non-hydrogen) atoms. The van der Waals surface area contributed by atoms with Crippen LogP contribution in [0.4, 0.5) is 0 Å². The first-order valence-electron chi connectivity index (χ1n) is 11.9. The maximum absolute atomic E-state index is 10.5. The van der Waals surface area contributed by atoms with E-state index in [9.17, 15) is 15.3 Å². The standard InChI is InChI=1S/C23H47NO3/c1-3-5-7-9-11-13-15-17-20-22(26)23(27)21(19-25)24(20)18-16-14-12-10-8-6-4-2/h20-23,25-27H,3-19H2,1-2H3/t20-,21-,22+,23+/m0/s1. The van der Waals surface area contributed by atoms with Crippen LogP contribution in [0.2, 0.25) is 0 Å². The van der Waals surface area contributed by atoms with E-state index in [4.69, 9.17) is 0 Å². The molecular weight excluding hydrogens is 338 g/mol. The van der Waals surface area contributed by atoms with Gasteiger partial charge in [0.15, 0.2) is 0 Å². The van der Waals surface area contributed by atoms with Crippen molar-refractivity contribution in [3.8, 4) is 0 Å². The number of nitrogens with zero attached hydrogens (tertiary/aromatic N) is 1. The van der Waals surface area contributed by atoms with E-state index in [1.807, 2.05) is 0 Å². The van der Waals surface area contributed by atoms with Crippen molar-refractivity contribution in [3.63, 3.8) is 0 Å². The van der Waals surface area contributed by atoms with Crippen molar-refractivity contribution >= 4 is 0 Å². The summed E-state index contributed by atoms with van der Waals surface area (Å²) in [4.78, 5) is 2.21. The molecule has 0 aromatic carbocycles. The van der Waals surface area contributed by atoms with Crippen LogP contribution in [0.5, 0.6) is 0 Å². The largest absolute Gasteiger partial charge is 0.395 e. The van der Waals surface area contributed by atoms with Crippen LogP contribution in [0.3, 0.4) is 0 Å². The van der Waals surface area contributed by atoms with Gasteiger partial charge in [-0.25, -0.2) is 0 Å². The molecule has 0 radical (unpaired) electrons. The molecule has 4 atom stereocenters. The van der Waals surface area contributed by atoms with Gasteiger partial charge in [-0.2, -0.15) is 0 Å². The molecule has 4 nitrogen and oxygen atoms in total. The van der Waals surface area contributed by atoms with Gasteiger partial charge in [0.05, 0.1) is 24.9 Å². The Bertz CT molecular complexity index is 340. The van der Waals surface area contributed by atoms with Gasteiger partial charge in [-0.15, -0.1) is 0 Å². The van der Waals surface area contributed by atoms with Crippen LogP contribution in [-0.2, 0) is 0 Å². The molecule has 0 amide bonds. The Balaban J connectivity index is 2.33. The fraction of sp³-hybridized carbons (Fsp3) is 1.00. The number of aliphatic hydroxyl groups is 3. The summed E-state index contributed by atoms with van der Waals surface area (Å²) in [5, 5.41) is 30.6. The SMILES string of the molecule is CCCCCCCCC[C@H]1[C@@H](O)[C@H](O)[C@H](CO)N1CCCCCCCCC. The minimum atomic E-state index is -0.811. The Hall–Kier alpha value is -0.160. The molecule has 3 N–H and O–H groups in total. The predicted molar refractivity (Wildman–Crippen MR) is 114 cm³/mol. The van der Waals surface area contributed by atoms with Gasteiger partial charge in [-0.3, -0.25) is 4.90 Å². The fourth-order valence-electron chi connectivity index (χ4n) is 4.54. The second-order valence-electron chi connectivity index (χ2n) is 8.57. The van der Waals surface area contributed by atoms with Crippen LogP contribution in [0.25, 0.3) is 0 Å². The summed E-state index contributed by atoms with van der Waals surface area (Å²) >= 11 is 0. The van der Waals surface area contributed by atoms with E-state index >= 15 is 0 Å². The summed E-state index contributed by atoms with van der Waals surface area (Å²) in [6, 6.07) is -0.289. The molecule has 0 bridgehead atoms. The summed E-state index contributed by atoms with van der Waals surface area (Å²) in [5.74, 6) is 0. The van der Waals surface area contributed by atoms with E-state index < -0.39 is 12.2 Å². The van der Waals surface area contributed by atoms with Crippen molar-refractivity contribution in [1.29, 1.82) is 0 Å². The van der Waals surface area contributed by atoms with E-state index in [1.54, 1.807) is 0 Å². The highest BCUT2D eigenvalue weighted by molar-refractivity contribution is 5.00. The molecule has 4 heteroatoms. The number of aliphatic hydroxyl groups excluding tert-OH is 3. The van der Waals surface area contributed by atoms with Gasteiger partial charge in [0, 0.05) is 6.04 Å². The third kappa shape index (κ3) is 9.25. The quantitative estimate of drug-likeness (QED) is 0.319. The van der Waals surface area contributed by atoms with Gasteiger partial charge >= 0.3 is 0 Å². The maximum atomic E-state index is 10.5. The molecule has 1 aliphatic heterocycles. The second-order valence-corrected chi connectivity index (χ2v) is 8.57. The van der Waals surface area contributed by atoms with Crippen LogP contribution in [0, 0.1) is 0 Å². The van der Waals surface area contributed by atoms with E-state index in [1.165, 1.54) is 77.0 Å². The Morgan fingerprint density at radius 2 is 1.04 bits per heavy atom. The molecule has 162 valence electrons. The Morgan fingerprint density at radius 3 is 1.56 bits per heavy atom. The number of unbranched alkanes of at least 4 members (excludes halogenated alkanes) is 12. The lowest BCUT2D eigenvalue weighted by molar-refractivity contribution is 0.0173. The van der Waals surface area contributed by atoms with Crippen LogP contribution in [0.15, 0.2) is 0 Å². The Morgan fingerprint density at radius 1 is 0.593 bits per heavy atom. The van der Waals surface area contributed by atoms with Crippen molar-refractivity contribution in [1.82, 2.24) is 4.90 Å². The molecule has 1 rings (SSSR count). The average molecular weight is 386 g/mol. The highest BCUT2D eigenvalue weighted by atomic mass is 16.3. The molecule has 0 aliphatic carbocycles. The number of hydrogen-bond donors (Lipinski definition) is 3. The highest BCUT2D eigenvalue weighted by Crippen LogP contribution is 2.29. The minimum Gasteiger partial charge on any atom is -0.395 e. The normalized spacial score (nSPS) is 26.1. The lowest BCUT2D eigenvalue weighted by Crippen LogP contribution is -2.42. The molecule has 0 saturated carbocycles. The zero-order valence-electron chi connectivity index (χ0n) is 18.1. The predicted octanol–water partition coefficient (Wildman–Crippen LogP) is 4.64. The van der Waals surface area contributed by atoms with Crippen molar-refractivity contribution in [2.75, 3.05) is 13.2 Å². The lowest BCUT2D eigenvalue weighted by Gasteiger charge is -2.29. The summed E-state index contributed by atoms with van der Waals surface area (Å²) < 4.78 is 0. The average Bonchev–Trinajstić information content (AvgIpc) is 2.90. The molecule has 0 spiro atoms. The van der Waals surface area contributed by atoms with Crippen LogP contribution in [0.1, 0.15) is 110 Å². The van der Waals surface area contributed by atoms with Gasteiger partial charge in [-0.1, -0.05) is 97.3 Å². The first kappa shape index (κ1) is 24.9. The third-order valence-corrected chi connectivity index (χ3v) is 6.30. The molecule has 1 aliphatic rings. The first-order chi connectivity index (χ1) is 13.2. The molecule has 0 unspecified atom stereocenters. The highest BCUT2D eigenvalue weighted by Gasteiger charge is 2.46. The zero-order valence-corrected chi connectivity index (χ0v) is 18.1. The van der Waals surface area contributed by atoms with Gasteiger partial charge in [0.1, 0.15) is 0 Å². The van der Waals surface area contributed by atoms with E-state index in [0.717, 1.165) is 25.8 Å². The van der Waals surface area contributed by atoms with E-state index in [0.29, 0.717) is 0 Å². The van der Waals surface area contributed by atoms with Crippen molar-refractivity contribution < 1.29 is 15.3 Å². The smallest absolute Gasteiger partial charge is 0.0991 e. The summed E-state index contributed by atoms with van der Waals surface area (Å²) in [6.45, 7) is 5.30. The zero-order chi connectivity index (χ0) is 19.9. The molecular formula is C23H47NO3.